The van der Waals surface area contributed by atoms with Gasteiger partial charge in [-0.3, -0.25) is 19.9 Å². The molecule has 2 N–H and O–H groups in total. The Kier molecular flexibility index (Phi) is 12.1. The largest absolute Gasteiger partial charge is 0.447 e. The number of benzene rings is 2. The molecule has 1 aromatic heterocycles. The van der Waals surface area contributed by atoms with Gasteiger partial charge >= 0.3 is 12.2 Å². The first-order valence-corrected chi connectivity index (χ1v) is 15.5. The maximum atomic E-state index is 14.4. The van der Waals surface area contributed by atoms with Gasteiger partial charge in [-0.2, -0.15) is 0 Å². The Morgan fingerprint density at radius 2 is 1.69 bits per heavy atom. The Hall–Kier alpha value is -5.05. The van der Waals surface area contributed by atoms with Crippen molar-refractivity contribution < 1.29 is 42.0 Å². The number of ether oxygens (including phenoxy) is 2. The van der Waals surface area contributed by atoms with Crippen LogP contribution in [0.3, 0.4) is 0 Å². The molecule has 4 amide bonds. The third-order valence-electron chi connectivity index (χ3n) is 7.36. The van der Waals surface area contributed by atoms with Crippen LogP contribution in [0.15, 0.2) is 59.1 Å². The van der Waals surface area contributed by atoms with Gasteiger partial charge in [0.25, 0.3) is 0 Å². The van der Waals surface area contributed by atoms with Crippen molar-refractivity contribution in [1.82, 2.24) is 25.4 Å². The van der Waals surface area contributed by atoms with E-state index in [-0.39, 0.29) is 56.4 Å². The molecule has 4 rings (SSSR count). The summed E-state index contributed by atoms with van der Waals surface area (Å²) in [6, 6.07) is 13.5. The molecule has 13 nitrogen and oxygen atoms in total. The maximum absolute atomic E-state index is 14.4. The molecule has 1 fully saturated rings. The molecule has 3 aromatic rings. The van der Waals surface area contributed by atoms with Crippen LogP contribution < -0.4 is 10.7 Å². The van der Waals surface area contributed by atoms with E-state index in [0.29, 0.717) is 18.8 Å². The number of carbonyl (C=O) groups is 4. The van der Waals surface area contributed by atoms with E-state index in [1.165, 1.54) is 30.0 Å². The first-order valence-electron chi connectivity index (χ1n) is 15.5. The molecule has 1 atom stereocenters. The van der Waals surface area contributed by atoms with Gasteiger partial charge in [0, 0.05) is 63.3 Å². The third-order valence-corrected chi connectivity index (χ3v) is 7.36. The van der Waals surface area contributed by atoms with Gasteiger partial charge in [0.2, 0.25) is 17.7 Å². The molecule has 48 heavy (non-hydrogen) atoms. The molecular formula is C33H40F2N6O7. The highest BCUT2D eigenvalue weighted by molar-refractivity contribution is 5.83. The molecule has 0 aliphatic carbocycles. The molecule has 258 valence electrons. The van der Waals surface area contributed by atoms with Crippen LogP contribution in [0.25, 0.3) is 11.3 Å². The number of halogens is 2. The molecule has 2 aromatic carbocycles. The summed E-state index contributed by atoms with van der Waals surface area (Å²) in [6.45, 7) is 7.13. The highest BCUT2D eigenvalue weighted by Crippen LogP contribution is 2.22. The number of carbonyl (C=O) groups excluding carboxylic acids is 4. The van der Waals surface area contributed by atoms with Crippen molar-refractivity contribution in [2.45, 2.75) is 58.7 Å². The zero-order valence-electron chi connectivity index (χ0n) is 27.3. The lowest BCUT2D eigenvalue weighted by Crippen LogP contribution is -2.53. The monoisotopic (exact) mass is 670 g/mol. The predicted octanol–water partition coefficient (Wildman–Crippen LogP) is 4.95. The summed E-state index contributed by atoms with van der Waals surface area (Å²) in [5, 5.41) is 7.52. The van der Waals surface area contributed by atoms with Crippen molar-refractivity contribution in [1.29, 1.82) is 0 Å². The number of hydrogen-bond acceptors (Lipinski definition) is 9. The lowest BCUT2D eigenvalue weighted by molar-refractivity contribution is -0.139. The fourth-order valence-corrected chi connectivity index (χ4v) is 4.94. The molecule has 1 aliphatic heterocycles. The summed E-state index contributed by atoms with van der Waals surface area (Å²) in [4.78, 5) is 54.2. The van der Waals surface area contributed by atoms with Gasteiger partial charge < -0.3 is 23.8 Å². The Morgan fingerprint density at radius 1 is 1.00 bits per heavy atom. The summed E-state index contributed by atoms with van der Waals surface area (Å²) < 4.78 is 44.2. The number of aromatic nitrogens is 1. The van der Waals surface area contributed by atoms with Crippen LogP contribution >= 0.6 is 0 Å². The highest BCUT2D eigenvalue weighted by atomic mass is 19.2. The average molecular weight is 671 g/mol. The number of anilines is 1. The van der Waals surface area contributed by atoms with E-state index in [9.17, 15) is 28.0 Å². The van der Waals surface area contributed by atoms with E-state index in [1.54, 1.807) is 25.7 Å². The summed E-state index contributed by atoms with van der Waals surface area (Å²) in [7, 11) is 0. The van der Waals surface area contributed by atoms with Crippen LogP contribution in [-0.2, 0) is 25.6 Å². The molecule has 0 radical (unpaired) electrons. The van der Waals surface area contributed by atoms with Gasteiger partial charge in [-0.25, -0.2) is 23.8 Å². The number of hydrogen-bond donors (Lipinski definition) is 2. The second-order valence-corrected chi connectivity index (χ2v) is 12.1. The van der Waals surface area contributed by atoms with Gasteiger partial charge in [-0.15, -0.1) is 0 Å². The zero-order chi connectivity index (χ0) is 34.8. The Balaban J connectivity index is 1.39. The first-order chi connectivity index (χ1) is 22.8. The molecule has 2 heterocycles. The van der Waals surface area contributed by atoms with Crippen LogP contribution in [0.4, 0.5) is 24.3 Å². The lowest BCUT2D eigenvalue weighted by Gasteiger charge is -2.36. The minimum atomic E-state index is -1.07. The van der Waals surface area contributed by atoms with Crippen molar-refractivity contribution in [3.8, 4) is 11.3 Å². The number of amides is 4. The minimum absolute atomic E-state index is 0.0271. The summed E-state index contributed by atoms with van der Waals surface area (Å²) >= 11 is 0. The summed E-state index contributed by atoms with van der Waals surface area (Å²) in [5.74, 6) is -2.83. The Morgan fingerprint density at radius 3 is 2.35 bits per heavy atom. The van der Waals surface area contributed by atoms with Crippen LogP contribution in [0.1, 0.15) is 46.1 Å². The quantitative estimate of drug-likeness (QED) is 0.271. The lowest BCUT2D eigenvalue weighted by atomic mass is 10.1. The number of hydrazine groups is 1. The van der Waals surface area contributed by atoms with E-state index < -0.39 is 41.4 Å². The molecule has 15 heteroatoms. The first kappa shape index (κ1) is 35.8. The summed E-state index contributed by atoms with van der Waals surface area (Å²) in [6.07, 6.45) is -1.34. The van der Waals surface area contributed by atoms with E-state index in [0.717, 1.165) is 16.6 Å². The normalized spacial score (nSPS) is 13.9. The van der Waals surface area contributed by atoms with E-state index in [2.05, 4.69) is 15.9 Å². The van der Waals surface area contributed by atoms with Gasteiger partial charge in [-0.05, 0) is 33.3 Å². The SMILES string of the molecule is CC(=O)N(NCc1cccc(F)c1F)[C@@H](CCC(=O)N1CCN(C(=O)OC(C)(C)C)CC1)COC(=O)Nc1cc(-c2ccccc2)no1. The number of piperazine rings is 1. The third kappa shape index (κ3) is 10.2. The molecule has 0 unspecified atom stereocenters. The van der Waals surface area contributed by atoms with E-state index in [4.69, 9.17) is 14.0 Å². The van der Waals surface area contributed by atoms with Crippen LogP contribution in [0.5, 0.6) is 0 Å². The second kappa shape index (κ2) is 16.2. The van der Waals surface area contributed by atoms with Gasteiger partial charge in [0.1, 0.15) is 17.9 Å². The van der Waals surface area contributed by atoms with Crippen molar-refractivity contribution >= 4 is 29.9 Å². The second-order valence-electron chi connectivity index (χ2n) is 12.1. The Bertz CT molecular complexity index is 1570. The fraction of sp³-hybridized carbons (Fsp3) is 0.424. The molecule has 0 bridgehead atoms. The minimum Gasteiger partial charge on any atom is -0.447 e. The van der Waals surface area contributed by atoms with Crippen molar-refractivity contribution in [3.05, 3.63) is 71.8 Å². The van der Waals surface area contributed by atoms with Crippen LogP contribution in [0, 0.1) is 11.6 Å². The Labute approximate surface area is 277 Å². The maximum Gasteiger partial charge on any atom is 0.414 e. The topological polar surface area (TPSA) is 147 Å². The fourth-order valence-electron chi connectivity index (χ4n) is 4.94. The highest BCUT2D eigenvalue weighted by Gasteiger charge is 2.30. The van der Waals surface area contributed by atoms with Crippen molar-refractivity contribution in [2.75, 3.05) is 38.1 Å². The zero-order valence-corrected chi connectivity index (χ0v) is 27.3. The number of nitrogens with one attached hydrogen (secondary N) is 2. The van der Waals surface area contributed by atoms with Gasteiger partial charge in [0.05, 0.1) is 6.04 Å². The average Bonchev–Trinajstić information content (AvgIpc) is 3.51. The molecule has 0 saturated carbocycles. The van der Waals surface area contributed by atoms with E-state index in [1.807, 2.05) is 30.3 Å². The number of rotatable bonds is 11. The molecule has 0 spiro atoms. The smallest absolute Gasteiger partial charge is 0.414 e. The molecule has 1 saturated heterocycles. The van der Waals surface area contributed by atoms with Crippen molar-refractivity contribution in [2.24, 2.45) is 0 Å². The molecular weight excluding hydrogens is 630 g/mol. The standard InChI is InChI=1S/C33H40F2N6O7/c1-22(42)41(36-20-24-11-8-12-26(34)30(24)35)25(13-14-29(43)39-15-17-40(18-16-39)32(45)47-33(2,3)4)21-46-31(44)37-28-19-27(38-48-28)23-9-6-5-7-10-23/h5-12,19,25,36H,13-18,20-21H2,1-4H3,(H,37,44)/t25-/m0/s1. The van der Waals surface area contributed by atoms with Crippen LogP contribution in [-0.4, -0.2) is 88.4 Å². The van der Waals surface area contributed by atoms with Gasteiger partial charge in [-0.1, -0.05) is 47.6 Å². The van der Waals surface area contributed by atoms with Gasteiger partial charge in [0.15, 0.2) is 11.6 Å². The molecule has 1 aliphatic rings. The van der Waals surface area contributed by atoms with E-state index >= 15 is 0 Å². The predicted molar refractivity (Wildman–Crippen MR) is 170 cm³/mol. The number of nitrogens with zero attached hydrogens (tertiary/aromatic N) is 4. The summed E-state index contributed by atoms with van der Waals surface area (Å²) in [5.41, 5.74) is 3.38. The van der Waals surface area contributed by atoms with Crippen molar-refractivity contribution in [3.63, 3.8) is 0 Å². The van der Waals surface area contributed by atoms with Crippen LogP contribution in [0.2, 0.25) is 0 Å².